The lowest BCUT2D eigenvalue weighted by Gasteiger charge is -2.04. The van der Waals surface area contributed by atoms with Crippen LogP contribution >= 0.6 is 11.3 Å². The fourth-order valence-electron chi connectivity index (χ4n) is 3.07. The molecule has 2 N–H and O–H groups in total. The number of aromatic nitrogens is 2. The van der Waals surface area contributed by atoms with Gasteiger partial charge in [-0.1, -0.05) is 18.2 Å². The molecular formula is C22H20FN3O2S. The highest BCUT2D eigenvalue weighted by Gasteiger charge is 2.09. The van der Waals surface area contributed by atoms with Crippen LogP contribution in [-0.2, 0) is 24.2 Å². The molecule has 0 spiro atoms. The number of halogens is 1. The van der Waals surface area contributed by atoms with Crippen molar-refractivity contribution in [1.29, 1.82) is 0 Å². The zero-order valence-electron chi connectivity index (χ0n) is 15.7. The molecule has 2 aromatic heterocycles. The molecule has 0 fully saturated rings. The number of hydrogen-bond donors (Lipinski definition) is 2. The van der Waals surface area contributed by atoms with E-state index in [2.05, 4.69) is 21.4 Å². The summed E-state index contributed by atoms with van der Waals surface area (Å²) >= 11 is 1.44. The Morgan fingerprint density at radius 3 is 2.86 bits per heavy atom. The monoisotopic (exact) mass is 409 g/mol. The van der Waals surface area contributed by atoms with Crippen molar-refractivity contribution in [2.24, 2.45) is 0 Å². The van der Waals surface area contributed by atoms with Gasteiger partial charge < -0.3 is 15.0 Å². The Morgan fingerprint density at radius 2 is 2.00 bits per heavy atom. The van der Waals surface area contributed by atoms with Gasteiger partial charge in [0.05, 0.1) is 12.1 Å². The number of fused-ring (bicyclic) bond motifs is 1. The summed E-state index contributed by atoms with van der Waals surface area (Å²) in [5, 5.41) is 6.78. The number of aromatic amines is 1. The Balaban J connectivity index is 1.23. The zero-order valence-corrected chi connectivity index (χ0v) is 16.5. The van der Waals surface area contributed by atoms with Crippen LogP contribution in [0.4, 0.5) is 4.39 Å². The number of nitrogens with zero attached hydrogens (tertiary/aromatic N) is 1. The van der Waals surface area contributed by atoms with E-state index >= 15 is 0 Å². The Labute approximate surface area is 171 Å². The van der Waals surface area contributed by atoms with Crippen LogP contribution in [0.25, 0.3) is 10.9 Å². The first-order chi connectivity index (χ1) is 14.2. The maximum atomic E-state index is 12.9. The van der Waals surface area contributed by atoms with Crippen molar-refractivity contribution < 1.29 is 13.9 Å². The van der Waals surface area contributed by atoms with Crippen LogP contribution in [0.3, 0.4) is 0 Å². The zero-order chi connectivity index (χ0) is 20.1. The van der Waals surface area contributed by atoms with E-state index in [0.29, 0.717) is 18.9 Å². The van der Waals surface area contributed by atoms with E-state index in [1.807, 2.05) is 29.8 Å². The van der Waals surface area contributed by atoms with Crippen LogP contribution < -0.4 is 10.1 Å². The van der Waals surface area contributed by atoms with Gasteiger partial charge >= 0.3 is 0 Å². The lowest BCUT2D eigenvalue weighted by atomic mass is 10.1. The molecule has 0 radical (unpaired) electrons. The van der Waals surface area contributed by atoms with Gasteiger partial charge in [-0.2, -0.15) is 0 Å². The van der Waals surface area contributed by atoms with Gasteiger partial charge in [0, 0.05) is 29.0 Å². The van der Waals surface area contributed by atoms with E-state index in [4.69, 9.17) is 4.74 Å². The molecule has 4 rings (SSSR count). The predicted octanol–water partition coefficient (Wildman–Crippen LogP) is 4.24. The van der Waals surface area contributed by atoms with Crippen molar-refractivity contribution >= 4 is 28.1 Å². The third kappa shape index (κ3) is 5.00. The second-order valence-electron chi connectivity index (χ2n) is 6.61. The summed E-state index contributed by atoms with van der Waals surface area (Å²) in [4.78, 5) is 19.9. The number of carbonyl (C=O) groups excluding carboxylic acids is 1. The van der Waals surface area contributed by atoms with Crippen LogP contribution in [0.5, 0.6) is 5.75 Å². The third-order valence-electron chi connectivity index (χ3n) is 4.51. The van der Waals surface area contributed by atoms with Crippen LogP contribution in [0, 0.1) is 5.82 Å². The minimum absolute atomic E-state index is 0.0545. The van der Waals surface area contributed by atoms with Gasteiger partial charge in [0.25, 0.3) is 0 Å². The largest absolute Gasteiger partial charge is 0.486 e. The van der Waals surface area contributed by atoms with E-state index in [1.165, 1.54) is 34.4 Å². The van der Waals surface area contributed by atoms with Crippen molar-refractivity contribution in [2.45, 2.75) is 19.4 Å². The lowest BCUT2D eigenvalue weighted by molar-refractivity contribution is -0.120. The van der Waals surface area contributed by atoms with Crippen molar-refractivity contribution in [2.75, 3.05) is 6.54 Å². The molecule has 29 heavy (non-hydrogen) atoms. The Hall–Kier alpha value is -3.19. The van der Waals surface area contributed by atoms with Crippen LogP contribution in [0.1, 0.15) is 16.3 Å². The van der Waals surface area contributed by atoms with Gasteiger partial charge in [-0.15, -0.1) is 11.3 Å². The summed E-state index contributed by atoms with van der Waals surface area (Å²) in [6, 6.07) is 14.0. The van der Waals surface area contributed by atoms with E-state index < -0.39 is 0 Å². The fraction of sp³-hybridized carbons (Fsp3) is 0.182. The highest BCUT2D eigenvalue weighted by atomic mass is 32.1. The van der Waals surface area contributed by atoms with Gasteiger partial charge in [0.15, 0.2) is 0 Å². The van der Waals surface area contributed by atoms with Gasteiger partial charge in [0.1, 0.15) is 23.2 Å². The second kappa shape index (κ2) is 8.87. The molecule has 5 nitrogen and oxygen atoms in total. The van der Waals surface area contributed by atoms with Crippen LogP contribution in [-0.4, -0.2) is 22.4 Å². The van der Waals surface area contributed by atoms with Crippen LogP contribution in [0.2, 0.25) is 0 Å². The third-order valence-corrected chi connectivity index (χ3v) is 5.38. The average molecular weight is 409 g/mol. The number of H-pyrrole nitrogens is 1. The van der Waals surface area contributed by atoms with Crippen molar-refractivity contribution in [3.05, 3.63) is 82.2 Å². The summed E-state index contributed by atoms with van der Waals surface area (Å²) in [7, 11) is 0. The van der Waals surface area contributed by atoms with Crippen molar-refractivity contribution in [1.82, 2.24) is 15.3 Å². The quantitative estimate of drug-likeness (QED) is 0.457. The second-order valence-corrected chi connectivity index (χ2v) is 7.55. The Morgan fingerprint density at radius 1 is 1.17 bits per heavy atom. The highest BCUT2D eigenvalue weighted by molar-refractivity contribution is 7.09. The SMILES string of the molecule is O=C(Cc1csc(COc2ccc(F)cc2)n1)NCCc1c[nH]c2ccccc12. The molecule has 0 aliphatic rings. The standard InChI is InChI=1S/C22H20FN3O2S/c23-16-5-7-18(8-6-16)28-13-22-26-17(14-29-22)11-21(27)24-10-9-15-12-25-20-4-2-1-3-19(15)20/h1-8,12,14,25H,9-11,13H2,(H,24,27). The number of thiazole rings is 1. The first kappa shape index (κ1) is 19.1. The van der Waals surface area contributed by atoms with Gasteiger partial charge in [-0.25, -0.2) is 9.37 Å². The maximum Gasteiger partial charge on any atom is 0.226 e. The van der Waals surface area contributed by atoms with E-state index in [-0.39, 0.29) is 18.1 Å². The smallest absolute Gasteiger partial charge is 0.226 e. The number of nitrogens with one attached hydrogen (secondary N) is 2. The lowest BCUT2D eigenvalue weighted by Crippen LogP contribution is -2.27. The molecule has 0 bridgehead atoms. The van der Waals surface area contributed by atoms with Gasteiger partial charge in [-0.3, -0.25) is 4.79 Å². The first-order valence-electron chi connectivity index (χ1n) is 9.31. The molecule has 0 saturated heterocycles. The summed E-state index contributed by atoms with van der Waals surface area (Å²) in [5.74, 6) is 0.226. The molecule has 0 unspecified atom stereocenters. The normalized spacial score (nSPS) is 10.9. The molecule has 7 heteroatoms. The van der Waals surface area contributed by atoms with Crippen molar-refractivity contribution in [3.63, 3.8) is 0 Å². The summed E-state index contributed by atoms with van der Waals surface area (Å²) in [6.45, 7) is 0.865. The minimum atomic E-state index is -0.301. The summed E-state index contributed by atoms with van der Waals surface area (Å²) < 4.78 is 18.5. The molecule has 2 heterocycles. The fourth-order valence-corrected chi connectivity index (χ4v) is 3.78. The molecular weight excluding hydrogens is 389 g/mol. The molecule has 4 aromatic rings. The molecule has 148 valence electrons. The van der Waals surface area contributed by atoms with Crippen LogP contribution in [0.15, 0.2) is 60.1 Å². The molecule has 0 aliphatic heterocycles. The first-order valence-corrected chi connectivity index (χ1v) is 10.2. The number of para-hydroxylation sites is 1. The Bertz CT molecular complexity index is 1100. The Kier molecular flexibility index (Phi) is 5.86. The predicted molar refractivity (Wildman–Crippen MR) is 112 cm³/mol. The molecule has 1 amide bonds. The highest BCUT2D eigenvalue weighted by Crippen LogP contribution is 2.18. The average Bonchev–Trinajstić information content (AvgIpc) is 3.35. The number of benzene rings is 2. The molecule has 0 saturated carbocycles. The van der Waals surface area contributed by atoms with Gasteiger partial charge in [-0.05, 0) is 42.3 Å². The summed E-state index contributed by atoms with van der Waals surface area (Å²) in [6.07, 6.45) is 3.00. The minimum Gasteiger partial charge on any atom is -0.486 e. The summed E-state index contributed by atoms with van der Waals surface area (Å²) in [5.41, 5.74) is 3.01. The number of hydrogen-bond acceptors (Lipinski definition) is 4. The number of rotatable bonds is 8. The van der Waals surface area contributed by atoms with Crippen molar-refractivity contribution in [3.8, 4) is 5.75 Å². The molecule has 0 aliphatic carbocycles. The van der Waals surface area contributed by atoms with Gasteiger partial charge in [0.2, 0.25) is 5.91 Å². The van der Waals surface area contributed by atoms with E-state index in [9.17, 15) is 9.18 Å². The van der Waals surface area contributed by atoms with E-state index in [0.717, 1.165) is 22.6 Å². The number of amides is 1. The molecule has 2 aromatic carbocycles. The van der Waals surface area contributed by atoms with E-state index in [1.54, 1.807) is 12.1 Å². The number of carbonyl (C=O) groups is 1. The number of ether oxygens (including phenoxy) is 1. The molecule has 0 atom stereocenters. The topological polar surface area (TPSA) is 67.0 Å². The maximum absolute atomic E-state index is 12.9.